The number of nitrogens with zero attached hydrogens (tertiary/aromatic N) is 1. The third-order valence-corrected chi connectivity index (χ3v) is 4.19. The molecule has 3 rings (SSSR count). The second-order valence-corrected chi connectivity index (χ2v) is 5.18. The van der Waals surface area contributed by atoms with Crippen molar-refractivity contribution in [2.45, 2.75) is 0 Å². The molecular weight excluding hydrogens is 278 g/mol. The van der Waals surface area contributed by atoms with Crippen LogP contribution in [0.2, 0.25) is 0 Å². The number of carbonyl (C=O) groups is 1. The molecule has 6 heteroatoms. The normalized spacial score (nSPS) is 10.9. The van der Waals surface area contributed by atoms with Crippen LogP contribution in [0.3, 0.4) is 0 Å². The van der Waals surface area contributed by atoms with E-state index in [1.165, 1.54) is 11.3 Å². The van der Waals surface area contributed by atoms with Crippen molar-refractivity contribution >= 4 is 38.3 Å². The highest BCUT2D eigenvalue weighted by Crippen LogP contribution is 2.45. The Morgan fingerprint density at radius 1 is 1.25 bits per heavy atom. The average molecular weight is 289 g/mol. The summed E-state index contributed by atoms with van der Waals surface area (Å²) in [7, 11) is 3.11. The van der Waals surface area contributed by atoms with Crippen LogP contribution in [-0.4, -0.2) is 30.3 Å². The number of pyridine rings is 1. The first-order valence-corrected chi connectivity index (χ1v) is 6.64. The van der Waals surface area contributed by atoms with Gasteiger partial charge in [-0.05, 0) is 18.2 Å². The molecule has 0 saturated heterocycles. The molecule has 0 unspecified atom stereocenters. The van der Waals surface area contributed by atoms with Gasteiger partial charge < -0.3 is 14.6 Å². The minimum absolute atomic E-state index is 0.243. The molecule has 1 aromatic carbocycles. The van der Waals surface area contributed by atoms with Gasteiger partial charge in [-0.15, -0.1) is 11.3 Å². The number of hydrogen-bond acceptors (Lipinski definition) is 5. The number of aromatic nitrogens is 1. The van der Waals surface area contributed by atoms with Crippen molar-refractivity contribution < 1.29 is 19.4 Å². The van der Waals surface area contributed by atoms with Gasteiger partial charge >= 0.3 is 5.97 Å². The molecular formula is C14H11NO4S. The van der Waals surface area contributed by atoms with Crippen molar-refractivity contribution in [2.24, 2.45) is 0 Å². The SMILES string of the molecule is COc1c2cc(C(=O)O)sc2c(OC)c2cccnc12. The first-order valence-electron chi connectivity index (χ1n) is 5.83. The number of carboxylic acids is 1. The van der Waals surface area contributed by atoms with Gasteiger partial charge in [0.1, 0.15) is 16.1 Å². The lowest BCUT2D eigenvalue weighted by atomic mass is 10.1. The van der Waals surface area contributed by atoms with E-state index in [9.17, 15) is 4.79 Å². The maximum Gasteiger partial charge on any atom is 0.345 e. The predicted molar refractivity (Wildman–Crippen MR) is 77.2 cm³/mol. The Kier molecular flexibility index (Phi) is 2.94. The van der Waals surface area contributed by atoms with Crippen molar-refractivity contribution in [3.63, 3.8) is 0 Å². The fourth-order valence-corrected chi connectivity index (χ4v) is 3.29. The van der Waals surface area contributed by atoms with Gasteiger partial charge in [-0.2, -0.15) is 0 Å². The van der Waals surface area contributed by atoms with Gasteiger partial charge in [0.15, 0.2) is 5.75 Å². The molecule has 0 radical (unpaired) electrons. The van der Waals surface area contributed by atoms with E-state index in [2.05, 4.69) is 4.98 Å². The smallest absolute Gasteiger partial charge is 0.345 e. The summed E-state index contributed by atoms with van der Waals surface area (Å²) in [6.07, 6.45) is 1.67. The van der Waals surface area contributed by atoms with Crippen molar-refractivity contribution in [3.05, 3.63) is 29.3 Å². The Morgan fingerprint density at radius 3 is 2.65 bits per heavy atom. The molecule has 0 aliphatic rings. The first kappa shape index (κ1) is 12.7. The fourth-order valence-electron chi connectivity index (χ4n) is 2.26. The molecule has 2 heterocycles. The van der Waals surface area contributed by atoms with E-state index in [0.717, 1.165) is 10.1 Å². The highest BCUT2D eigenvalue weighted by molar-refractivity contribution is 7.21. The third kappa shape index (κ3) is 1.69. The number of ether oxygens (including phenoxy) is 2. The molecule has 1 N–H and O–H groups in total. The quantitative estimate of drug-likeness (QED) is 0.802. The lowest BCUT2D eigenvalue weighted by molar-refractivity contribution is 0.0702. The number of aromatic carboxylic acids is 1. The summed E-state index contributed by atoms with van der Waals surface area (Å²) in [6.45, 7) is 0. The highest BCUT2D eigenvalue weighted by atomic mass is 32.1. The number of methoxy groups -OCH3 is 2. The Morgan fingerprint density at radius 2 is 2.00 bits per heavy atom. The molecule has 0 amide bonds. The molecule has 20 heavy (non-hydrogen) atoms. The fraction of sp³-hybridized carbons (Fsp3) is 0.143. The van der Waals surface area contributed by atoms with E-state index in [4.69, 9.17) is 14.6 Å². The van der Waals surface area contributed by atoms with E-state index in [1.54, 1.807) is 26.5 Å². The minimum atomic E-state index is -0.965. The van der Waals surface area contributed by atoms with E-state index in [1.807, 2.05) is 12.1 Å². The number of rotatable bonds is 3. The maximum absolute atomic E-state index is 11.2. The minimum Gasteiger partial charge on any atom is -0.495 e. The van der Waals surface area contributed by atoms with Crippen LogP contribution in [0.5, 0.6) is 11.5 Å². The summed E-state index contributed by atoms with van der Waals surface area (Å²) in [5, 5.41) is 10.7. The summed E-state index contributed by atoms with van der Waals surface area (Å²) < 4.78 is 11.6. The summed E-state index contributed by atoms with van der Waals surface area (Å²) in [5.74, 6) is 0.230. The van der Waals surface area contributed by atoms with E-state index < -0.39 is 5.97 Å². The zero-order valence-corrected chi connectivity index (χ0v) is 11.7. The van der Waals surface area contributed by atoms with Crippen LogP contribution in [0, 0.1) is 0 Å². The van der Waals surface area contributed by atoms with Crippen LogP contribution in [-0.2, 0) is 0 Å². The van der Waals surface area contributed by atoms with Gasteiger partial charge in [0.05, 0.1) is 18.9 Å². The largest absolute Gasteiger partial charge is 0.495 e. The molecule has 102 valence electrons. The van der Waals surface area contributed by atoms with Gasteiger partial charge in [-0.25, -0.2) is 4.79 Å². The van der Waals surface area contributed by atoms with Crippen LogP contribution in [0.4, 0.5) is 0 Å². The average Bonchev–Trinajstić information content (AvgIpc) is 2.89. The number of carboxylic acid groups (broad SMARTS) is 1. The molecule has 5 nitrogen and oxygen atoms in total. The Hall–Kier alpha value is -2.34. The lowest BCUT2D eigenvalue weighted by Crippen LogP contribution is -1.92. The molecule has 0 aliphatic heterocycles. The van der Waals surface area contributed by atoms with Crippen molar-refractivity contribution in [3.8, 4) is 11.5 Å². The van der Waals surface area contributed by atoms with Gasteiger partial charge in [0.25, 0.3) is 0 Å². The molecule has 0 atom stereocenters. The van der Waals surface area contributed by atoms with E-state index in [-0.39, 0.29) is 4.88 Å². The van der Waals surface area contributed by atoms with Crippen molar-refractivity contribution in [1.82, 2.24) is 4.98 Å². The zero-order valence-electron chi connectivity index (χ0n) is 10.8. The topological polar surface area (TPSA) is 68.7 Å². The number of thiophene rings is 1. The van der Waals surface area contributed by atoms with Gasteiger partial charge in [0.2, 0.25) is 0 Å². The van der Waals surface area contributed by atoms with Crippen molar-refractivity contribution in [2.75, 3.05) is 14.2 Å². The number of fused-ring (bicyclic) bond motifs is 2. The highest BCUT2D eigenvalue weighted by Gasteiger charge is 2.20. The first-order chi connectivity index (χ1) is 9.67. The predicted octanol–water partition coefficient (Wildman–Crippen LogP) is 3.16. The zero-order chi connectivity index (χ0) is 14.3. The number of benzene rings is 1. The van der Waals surface area contributed by atoms with Crippen molar-refractivity contribution in [1.29, 1.82) is 0 Å². The van der Waals surface area contributed by atoms with Gasteiger partial charge in [0, 0.05) is 17.0 Å². The van der Waals surface area contributed by atoms with Crippen LogP contribution in [0.25, 0.3) is 21.0 Å². The molecule has 0 aliphatic carbocycles. The molecule has 0 fully saturated rings. The number of hydrogen-bond donors (Lipinski definition) is 1. The Labute approximate surface area is 118 Å². The summed E-state index contributed by atoms with van der Waals surface area (Å²) >= 11 is 1.17. The van der Waals surface area contributed by atoms with E-state index in [0.29, 0.717) is 22.4 Å². The summed E-state index contributed by atoms with van der Waals surface area (Å²) in [4.78, 5) is 15.7. The Balaban J connectivity index is 2.54. The van der Waals surface area contributed by atoms with Gasteiger partial charge in [-0.1, -0.05) is 0 Å². The van der Waals surface area contributed by atoms with Crippen LogP contribution in [0.15, 0.2) is 24.4 Å². The third-order valence-electron chi connectivity index (χ3n) is 3.07. The summed E-state index contributed by atoms with van der Waals surface area (Å²) in [6, 6.07) is 5.28. The molecule has 0 spiro atoms. The van der Waals surface area contributed by atoms with Crippen LogP contribution < -0.4 is 9.47 Å². The molecule has 2 aromatic heterocycles. The standard InChI is InChI=1S/C14H11NO4S/c1-18-11-8-6-9(14(16)17)20-13(8)12(19-2)7-4-3-5-15-10(7)11/h3-6H,1-2H3,(H,16,17). The van der Waals surface area contributed by atoms with Gasteiger partial charge in [-0.3, -0.25) is 4.98 Å². The molecule has 0 bridgehead atoms. The maximum atomic E-state index is 11.2. The van der Waals surface area contributed by atoms with Crippen LogP contribution in [0.1, 0.15) is 9.67 Å². The summed E-state index contributed by atoms with van der Waals surface area (Å²) in [5.41, 5.74) is 0.661. The van der Waals surface area contributed by atoms with E-state index >= 15 is 0 Å². The second-order valence-electron chi connectivity index (χ2n) is 4.12. The monoisotopic (exact) mass is 289 g/mol. The molecule has 0 saturated carbocycles. The lowest BCUT2D eigenvalue weighted by Gasteiger charge is -2.10. The Bertz CT molecular complexity index is 764. The molecule has 3 aromatic rings. The second kappa shape index (κ2) is 4.64. The van der Waals surface area contributed by atoms with Crippen LogP contribution >= 0.6 is 11.3 Å².